The Kier molecular flexibility index (Phi) is 6.62. The minimum Gasteiger partial charge on any atom is -0.466 e. The van der Waals surface area contributed by atoms with E-state index in [1.807, 2.05) is 0 Å². The Balaban J connectivity index is 1.81. The van der Waals surface area contributed by atoms with Gasteiger partial charge in [0.05, 0.1) is 18.7 Å². The summed E-state index contributed by atoms with van der Waals surface area (Å²) in [6, 6.07) is 5.99. The van der Waals surface area contributed by atoms with E-state index in [2.05, 4.69) is 10.3 Å². The third-order valence-electron chi connectivity index (χ3n) is 2.91. The van der Waals surface area contributed by atoms with Crippen LogP contribution in [0.1, 0.15) is 24.6 Å². The lowest BCUT2D eigenvalue weighted by atomic mass is 10.2. The number of benzene rings is 1. The molecule has 7 heteroatoms. The van der Waals surface area contributed by atoms with Crippen molar-refractivity contribution in [1.82, 2.24) is 4.98 Å². The molecule has 2 rings (SSSR count). The lowest BCUT2D eigenvalue weighted by Gasteiger charge is -1.99. The number of thiazole rings is 1. The number of carbonyl (C=O) groups is 2. The summed E-state index contributed by atoms with van der Waals surface area (Å²) in [6.07, 6.45) is 3.69. The first-order chi connectivity index (χ1) is 11.6. The van der Waals surface area contributed by atoms with Crippen LogP contribution in [-0.2, 0) is 20.7 Å². The minimum absolute atomic E-state index is 0.0880. The Morgan fingerprint density at radius 1 is 1.33 bits per heavy atom. The number of aromatic nitrogens is 1. The molecule has 0 aliphatic carbocycles. The number of anilines is 1. The van der Waals surface area contributed by atoms with Crippen LogP contribution in [0, 0.1) is 5.82 Å². The van der Waals surface area contributed by atoms with E-state index in [1.54, 1.807) is 36.6 Å². The second-order valence-corrected chi connectivity index (χ2v) is 5.69. The van der Waals surface area contributed by atoms with Crippen LogP contribution in [0.3, 0.4) is 0 Å². The van der Waals surface area contributed by atoms with Crippen molar-refractivity contribution in [2.45, 2.75) is 19.8 Å². The highest BCUT2D eigenvalue weighted by Crippen LogP contribution is 2.16. The average molecular weight is 348 g/mol. The molecule has 0 saturated heterocycles. The first-order valence-electron chi connectivity index (χ1n) is 7.39. The molecule has 0 unspecified atom stereocenters. The number of halogens is 1. The molecular weight excluding hydrogens is 331 g/mol. The summed E-state index contributed by atoms with van der Waals surface area (Å²) >= 11 is 1.25. The maximum absolute atomic E-state index is 12.8. The number of hydrogen-bond donors (Lipinski definition) is 1. The van der Waals surface area contributed by atoms with Crippen molar-refractivity contribution in [3.8, 4) is 0 Å². The molecule has 1 heterocycles. The molecule has 126 valence electrons. The normalized spacial score (nSPS) is 10.8. The fourth-order valence-corrected chi connectivity index (χ4v) is 2.58. The van der Waals surface area contributed by atoms with Crippen LogP contribution < -0.4 is 5.32 Å². The molecule has 0 atom stereocenters. The second-order valence-electron chi connectivity index (χ2n) is 4.83. The Morgan fingerprint density at radius 2 is 2.08 bits per heavy atom. The summed E-state index contributed by atoms with van der Waals surface area (Å²) in [7, 11) is 0. The smallest absolute Gasteiger partial charge is 0.311 e. The van der Waals surface area contributed by atoms with Crippen molar-refractivity contribution in [1.29, 1.82) is 0 Å². The van der Waals surface area contributed by atoms with Crippen molar-refractivity contribution in [2.75, 3.05) is 11.9 Å². The lowest BCUT2D eigenvalue weighted by molar-refractivity contribution is -0.142. The van der Waals surface area contributed by atoms with E-state index in [0.29, 0.717) is 17.4 Å². The zero-order chi connectivity index (χ0) is 17.4. The zero-order valence-electron chi connectivity index (χ0n) is 13.1. The van der Waals surface area contributed by atoms with E-state index < -0.39 is 0 Å². The molecule has 0 bridgehead atoms. The Labute approximate surface area is 143 Å². The lowest BCUT2D eigenvalue weighted by Crippen LogP contribution is -2.10. The zero-order valence-corrected chi connectivity index (χ0v) is 13.9. The Bertz CT molecular complexity index is 726. The monoisotopic (exact) mass is 348 g/mol. The summed E-state index contributed by atoms with van der Waals surface area (Å²) in [6.45, 7) is 2.07. The number of nitrogens with one attached hydrogen (secondary N) is 1. The third-order valence-corrected chi connectivity index (χ3v) is 3.72. The molecule has 24 heavy (non-hydrogen) atoms. The van der Waals surface area contributed by atoms with Crippen molar-refractivity contribution >= 4 is 34.4 Å². The third kappa shape index (κ3) is 5.92. The van der Waals surface area contributed by atoms with E-state index in [1.165, 1.54) is 23.5 Å². The highest BCUT2D eigenvalue weighted by molar-refractivity contribution is 7.13. The van der Waals surface area contributed by atoms with Gasteiger partial charge < -0.3 is 10.1 Å². The van der Waals surface area contributed by atoms with Gasteiger partial charge in [0.1, 0.15) is 5.82 Å². The molecule has 0 saturated carbocycles. The van der Waals surface area contributed by atoms with Crippen LogP contribution in [0.5, 0.6) is 0 Å². The summed E-state index contributed by atoms with van der Waals surface area (Å²) < 4.78 is 17.6. The summed E-state index contributed by atoms with van der Waals surface area (Å²) in [5.74, 6) is -0.861. The number of carbonyl (C=O) groups excluding carboxylic acids is 2. The maximum atomic E-state index is 12.8. The molecule has 0 aliphatic rings. The number of nitrogens with zero attached hydrogens (tertiary/aromatic N) is 1. The van der Waals surface area contributed by atoms with Crippen LogP contribution in [0.4, 0.5) is 9.52 Å². The number of amides is 1. The molecule has 1 aromatic heterocycles. The molecule has 0 aliphatic heterocycles. The van der Waals surface area contributed by atoms with Gasteiger partial charge in [-0.05, 0) is 24.6 Å². The molecular formula is C17H17FN2O3S. The van der Waals surface area contributed by atoms with Crippen molar-refractivity contribution < 1.29 is 18.7 Å². The first kappa shape index (κ1) is 17.8. The molecule has 2 aromatic rings. The van der Waals surface area contributed by atoms with Crippen molar-refractivity contribution in [2.24, 2.45) is 0 Å². The fraction of sp³-hybridized carbons (Fsp3) is 0.235. The van der Waals surface area contributed by atoms with Crippen LogP contribution in [0.25, 0.3) is 6.08 Å². The van der Waals surface area contributed by atoms with Gasteiger partial charge in [0.2, 0.25) is 5.91 Å². The summed E-state index contributed by atoms with van der Waals surface area (Å²) in [4.78, 5) is 27.4. The number of esters is 1. The number of hydrogen-bond acceptors (Lipinski definition) is 5. The van der Waals surface area contributed by atoms with Gasteiger partial charge in [-0.2, -0.15) is 0 Å². The van der Waals surface area contributed by atoms with Gasteiger partial charge in [-0.3, -0.25) is 9.59 Å². The van der Waals surface area contributed by atoms with Gasteiger partial charge >= 0.3 is 5.97 Å². The molecule has 1 N–H and O–H groups in total. The quantitative estimate of drug-likeness (QED) is 0.779. The molecule has 1 amide bonds. The average Bonchev–Trinajstić information content (AvgIpc) is 2.96. The largest absolute Gasteiger partial charge is 0.466 e. The van der Waals surface area contributed by atoms with Gasteiger partial charge in [-0.25, -0.2) is 9.37 Å². The topological polar surface area (TPSA) is 68.3 Å². The van der Waals surface area contributed by atoms with Crippen molar-refractivity contribution in [3.63, 3.8) is 0 Å². The number of rotatable bonds is 7. The molecule has 0 spiro atoms. The number of ether oxygens (including phenoxy) is 1. The predicted molar refractivity (Wildman–Crippen MR) is 91.1 cm³/mol. The summed E-state index contributed by atoms with van der Waals surface area (Å²) in [5.41, 5.74) is 1.38. The van der Waals surface area contributed by atoms with Gasteiger partial charge in [0, 0.05) is 11.8 Å². The van der Waals surface area contributed by atoms with Gasteiger partial charge in [0.25, 0.3) is 0 Å². The second kappa shape index (κ2) is 8.93. The highest BCUT2D eigenvalue weighted by Gasteiger charge is 2.09. The Hall–Kier alpha value is -2.54. The summed E-state index contributed by atoms with van der Waals surface area (Å²) in [5, 5.41) is 4.82. The molecule has 0 fully saturated rings. The predicted octanol–water partition coefficient (Wildman–Crippen LogP) is 3.43. The van der Waals surface area contributed by atoms with Crippen molar-refractivity contribution in [3.05, 3.63) is 52.8 Å². The van der Waals surface area contributed by atoms with Gasteiger partial charge in [0.15, 0.2) is 5.13 Å². The highest BCUT2D eigenvalue weighted by atomic mass is 32.1. The van der Waals surface area contributed by atoms with E-state index in [-0.39, 0.29) is 30.5 Å². The first-order valence-corrected chi connectivity index (χ1v) is 8.26. The standard InChI is InChI=1S/C17H17FN2O3S/c1-2-23-16(22)10-14-11-24-17(19-14)20-15(21)5-3-4-12-6-8-13(18)9-7-12/h3-4,6-9,11H,2,5,10H2,1H3,(H,19,20,21). The van der Waals surface area contributed by atoms with Crippen LogP contribution in [0.2, 0.25) is 0 Å². The van der Waals surface area contributed by atoms with Gasteiger partial charge in [-0.1, -0.05) is 24.3 Å². The van der Waals surface area contributed by atoms with Crippen LogP contribution >= 0.6 is 11.3 Å². The minimum atomic E-state index is -0.345. The molecule has 1 aromatic carbocycles. The van der Waals surface area contributed by atoms with Crippen LogP contribution in [-0.4, -0.2) is 23.5 Å². The van der Waals surface area contributed by atoms with E-state index in [0.717, 1.165) is 5.56 Å². The van der Waals surface area contributed by atoms with E-state index in [4.69, 9.17) is 4.74 Å². The van der Waals surface area contributed by atoms with E-state index in [9.17, 15) is 14.0 Å². The maximum Gasteiger partial charge on any atom is 0.311 e. The van der Waals surface area contributed by atoms with Gasteiger partial charge in [-0.15, -0.1) is 11.3 Å². The van der Waals surface area contributed by atoms with Crippen LogP contribution in [0.15, 0.2) is 35.7 Å². The Morgan fingerprint density at radius 3 is 2.79 bits per heavy atom. The molecule has 5 nitrogen and oxygen atoms in total. The fourth-order valence-electron chi connectivity index (χ4n) is 1.85. The SMILES string of the molecule is CCOC(=O)Cc1csc(NC(=O)CC=Cc2ccc(F)cc2)n1. The molecule has 0 radical (unpaired) electrons. The van der Waals surface area contributed by atoms with E-state index >= 15 is 0 Å².